The summed E-state index contributed by atoms with van der Waals surface area (Å²) in [6, 6.07) is 8.63. The van der Waals surface area contributed by atoms with Crippen molar-refractivity contribution in [3.05, 3.63) is 49.7 Å². The summed E-state index contributed by atoms with van der Waals surface area (Å²) in [7, 11) is 4.62. The predicted octanol–water partition coefficient (Wildman–Crippen LogP) is 5.51. The van der Waals surface area contributed by atoms with Crippen molar-refractivity contribution in [2.45, 2.75) is 5.22 Å². The molecule has 0 saturated heterocycles. The second-order valence-corrected chi connectivity index (χ2v) is 8.61. The number of carbonyl (C=O) groups is 1. The zero-order chi connectivity index (χ0) is 22.5. The quantitative estimate of drug-likeness (QED) is 0.277. The van der Waals surface area contributed by atoms with E-state index in [4.69, 9.17) is 18.6 Å². The van der Waals surface area contributed by atoms with Gasteiger partial charge in [-0.15, -0.1) is 10.2 Å². The number of thioether (sulfide) groups is 1. The van der Waals surface area contributed by atoms with E-state index in [-0.39, 0.29) is 16.0 Å². The molecule has 8 nitrogen and oxygen atoms in total. The summed E-state index contributed by atoms with van der Waals surface area (Å²) in [6.07, 6.45) is 1.50. The number of carboxylic acid groups (broad SMARTS) is 1. The van der Waals surface area contributed by atoms with Gasteiger partial charge in [0.15, 0.2) is 0 Å². The van der Waals surface area contributed by atoms with Gasteiger partial charge in [-0.3, -0.25) is 0 Å². The summed E-state index contributed by atoms with van der Waals surface area (Å²) in [6.45, 7) is 0. The van der Waals surface area contributed by atoms with Gasteiger partial charge in [-0.1, -0.05) is 0 Å². The van der Waals surface area contributed by atoms with Crippen LogP contribution in [-0.4, -0.2) is 42.6 Å². The number of aromatic nitrogens is 2. The van der Waals surface area contributed by atoms with Gasteiger partial charge in [-0.05, 0) is 79.5 Å². The van der Waals surface area contributed by atoms with Crippen molar-refractivity contribution in [1.82, 2.24) is 10.2 Å². The molecular weight excluding hydrogens is 556 g/mol. The highest BCUT2D eigenvalue weighted by atomic mass is 79.9. The molecule has 1 heterocycles. The lowest BCUT2D eigenvalue weighted by atomic mass is 10.2. The van der Waals surface area contributed by atoms with E-state index in [1.165, 1.54) is 20.3 Å². The van der Waals surface area contributed by atoms with Gasteiger partial charge in [0.2, 0.25) is 5.89 Å². The standard InChI is InChI=1S/C20H16Br2N2O6S/c1-27-12-7-11(8-13(9-12)28-2)18-23-24-20(30-18)31-16(19(25)26)6-10-4-14(21)17(29-3)15(22)5-10/h4-9H,1-3H3,(H,25,26)/b16-6-. The van der Waals surface area contributed by atoms with Crippen molar-refractivity contribution in [2.24, 2.45) is 0 Å². The van der Waals surface area contributed by atoms with E-state index in [0.29, 0.717) is 37.3 Å². The molecule has 0 spiro atoms. The van der Waals surface area contributed by atoms with Crippen molar-refractivity contribution >= 4 is 55.7 Å². The lowest BCUT2D eigenvalue weighted by molar-refractivity contribution is -0.131. The first kappa shape index (κ1) is 23.2. The Kier molecular flexibility index (Phi) is 7.63. The van der Waals surface area contributed by atoms with Crippen LogP contribution in [-0.2, 0) is 4.79 Å². The fourth-order valence-corrected chi connectivity index (χ4v) is 4.76. The molecule has 0 amide bonds. The number of carboxylic acids is 1. The van der Waals surface area contributed by atoms with Gasteiger partial charge in [-0.25, -0.2) is 4.79 Å². The molecular formula is C20H16Br2N2O6S. The summed E-state index contributed by atoms with van der Waals surface area (Å²) in [4.78, 5) is 11.8. The molecule has 1 N–H and O–H groups in total. The summed E-state index contributed by atoms with van der Waals surface area (Å²) in [5.41, 5.74) is 1.22. The highest BCUT2D eigenvalue weighted by Gasteiger charge is 2.18. The Morgan fingerprint density at radius 3 is 2.13 bits per heavy atom. The first-order valence-corrected chi connectivity index (χ1v) is 11.0. The highest BCUT2D eigenvalue weighted by Crippen LogP contribution is 2.37. The molecule has 2 aromatic carbocycles. The van der Waals surface area contributed by atoms with Crippen molar-refractivity contribution in [1.29, 1.82) is 0 Å². The van der Waals surface area contributed by atoms with Crippen molar-refractivity contribution < 1.29 is 28.5 Å². The Labute approximate surface area is 198 Å². The minimum atomic E-state index is -1.13. The number of nitrogens with zero attached hydrogens (tertiary/aromatic N) is 2. The third-order valence-corrected chi connectivity index (χ3v) is 5.97. The van der Waals surface area contributed by atoms with E-state index in [0.717, 1.165) is 11.8 Å². The fraction of sp³-hybridized carbons (Fsp3) is 0.150. The van der Waals surface area contributed by atoms with Crippen LogP contribution in [0.3, 0.4) is 0 Å². The van der Waals surface area contributed by atoms with Crippen molar-refractivity contribution in [2.75, 3.05) is 21.3 Å². The topological polar surface area (TPSA) is 104 Å². The average molecular weight is 572 g/mol. The van der Waals surface area contributed by atoms with Crippen LogP contribution >= 0.6 is 43.6 Å². The number of halogens is 2. The van der Waals surface area contributed by atoms with E-state index in [1.54, 1.807) is 37.4 Å². The summed E-state index contributed by atoms with van der Waals surface area (Å²) >= 11 is 7.66. The summed E-state index contributed by atoms with van der Waals surface area (Å²) in [5.74, 6) is 0.805. The summed E-state index contributed by atoms with van der Waals surface area (Å²) < 4.78 is 22.8. The van der Waals surface area contributed by atoms with Crippen LogP contribution in [0.2, 0.25) is 0 Å². The Bertz CT molecular complexity index is 1100. The molecule has 0 aliphatic heterocycles. The second kappa shape index (κ2) is 10.2. The Morgan fingerprint density at radius 2 is 1.61 bits per heavy atom. The van der Waals surface area contributed by atoms with Crippen LogP contribution in [0.15, 0.2) is 53.8 Å². The Morgan fingerprint density at radius 1 is 1.00 bits per heavy atom. The van der Waals surface area contributed by atoms with E-state index in [1.807, 2.05) is 0 Å². The first-order valence-electron chi connectivity index (χ1n) is 8.57. The smallest absolute Gasteiger partial charge is 0.342 e. The van der Waals surface area contributed by atoms with Gasteiger partial charge in [-0.2, -0.15) is 0 Å². The maximum Gasteiger partial charge on any atom is 0.342 e. The summed E-state index contributed by atoms with van der Waals surface area (Å²) in [5, 5.41) is 17.7. The van der Waals surface area contributed by atoms with E-state index in [9.17, 15) is 9.90 Å². The number of hydrogen-bond donors (Lipinski definition) is 1. The van der Waals surface area contributed by atoms with Gasteiger partial charge in [0.25, 0.3) is 5.22 Å². The monoisotopic (exact) mass is 570 g/mol. The largest absolute Gasteiger partial charge is 0.497 e. The number of methoxy groups -OCH3 is 3. The molecule has 0 saturated carbocycles. The van der Waals surface area contributed by atoms with Crippen LogP contribution in [0.5, 0.6) is 17.2 Å². The minimum Gasteiger partial charge on any atom is -0.497 e. The van der Waals surface area contributed by atoms with Gasteiger partial charge in [0.1, 0.15) is 22.2 Å². The molecule has 162 valence electrons. The molecule has 0 fully saturated rings. The molecule has 0 unspecified atom stereocenters. The Balaban J connectivity index is 1.90. The molecule has 3 aromatic rings. The van der Waals surface area contributed by atoms with Crippen LogP contribution < -0.4 is 14.2 Å². The molecule has 11 heteroatoms. The molecule has 1 aromatic heterocycles. The fourth-order valence-electron chi connectivity index (χ4n) is 2.54. The Hall–Kier alpha value is -2.50. The lowest BCUT2D eigenvalue weighted by Gasteiger charge is -2.07. The highest BCUT2D eigenvalue weighted by molar-refractivity contribution is 9.11. The number of hydrogen-bond acceptors (Lipinski definition) is 8. The molecule has 3 rings (SSSR count). The van der Waals surface area contributed by atoms with Gasteiger partial charge < -0.3 is 23.7 Å². The van der Waals surface area contributed by atoms with Crippen LogP contribution in [0.25, 0.3) is 17.5 Å². The minimum absolute atomic E-state index is 0.00221. The zero-order valence-electron chi connectivity index (χ0n) is 16.5. The van der Waals surface area contributed by atoms with E-state index in [2.05, 4.69) is 42.1 Å². The maximum atomic E-state index is 11.8. The first-order chi connectivity index (χ1) is 14.8. The SMILES string of the molecule is COc1cc(OC)cc(-c2nnc(S/C(=C\c3cc(Br)c(OC)c(Br)c3)C(=O)O)o2)c1. The van der Waals surface area contributed by atoms with Gasteiger partial charge >= 0.3 is 5.97 Å². The zero-order valence-corrected chi connectivity index (χ0v) is 20.5. The molecule has 0 atom stereocenters. The molecule has 31 heavy (non-hydrogen) atoms. The number of rotatable bonds is 8. The number of benzene rings is 2. The third kappa shape index (κ3) is 5.60. The molecule has 0 aliphatic rings. The molecule has 0 aliphatic carbocycles. The van der Waals surface area contributed by atoms with Crippen LogP contribution in [0, 0.1) is 0 Å². The van der Waals surface area contributed by atoms with E-state index >= 15 is 0 Å². The average Bonchev–Trinajstić information content (AvgIpc) is 3.21. The van der Waals surface area contributed by atoms with Gasteiger partial charge in [0.05, 0.1) is 30.3 Å². The number of aliphatic carboxylic acids is 1. The molecule has 0 radical (unpaired) electrons. The normalized spacial score (nSPS) is 11.3. The van der Waals surface area contributed by atoms with Gasteiger partial charge in [0, 0.05) is 11.6 Å². The van der Waals surface area contributed by atoms with Crippen LogP contribution in [0.1, 0.15) is 5.56 Å². The van der Waals surface area contributed by atoms with Crippen molar-refractivity contribution in [3.8, 4) is 28.7 Å². The lowest BCUT2D eigenvalue weighted by Crippen LogP contribution is -1.97. The van der Waals surface area contributed by atoms with E-state index < -0.39 is 5.97 Å². The predicted molar refractivity (Wildman–Crippen MR) is 123 cm³/mol. The number of ether oxygens (including phenoxy) is 3. The third-order valence-electron chi connectivity index (χ3n) is 3.94. The van der Waals surface area contributed by atoms with Crippen LogP contribution in [0.4, 0.5) is 0 Å². The molecule has 0 bridgehead atoms. The maximum absolute atomic E-state index is 11.8. The second-order valence-electron chi connectivity index (χ2n) is 5.91. The van der Waals surface area contributed by atoms with Crippen molar-refractivity contribution in [3.63, 3.8) is 0 Å².